The average molecular weight is 290 g/mol. The Morgan fingerprint density at radius 1 is 1.05 bits per heavy atom. The maximum Gasteiger partial charge on any atom is 0.323 e. The van der Waals surface area contributed by atoms with Crippen LogP contribution in [0.5, 0.6) is 0 Å². The summed E-state index contributed by atoms with van der Waals surface area (Å²) in [6, 6.07) is 14.3. The second kappa shape index (κ2) is 6.93. The molecule has 0 saturated heterocycles. The number of carbonyl (C=O) groups is 1. The Balaban J connectivity index is 1.99. The fraction of sp³-hybridized carbons (Fsp3) is 0.133. The first-order valence-corrected chi connectivity index (χ1v) is 6.68. The molecule has 2 aromatic rings. The molecule has 2 aromatic carbocycles. The molecule has 0 bridgehead atoms. The summed E-state index contributed by atoms with van der Waals surface area (Å²) in [5.74, 6) is 0. The van der Waals surface area contributed by atoms with E-state index in [0.29, 0.717) is 17.3 Å². The molecule has 0 spiro atoms. The predicted molar refractivity (Wildman–Crippen MR) is 83.3 cm³/mol. The number of nitrogens with two attached hydrogens (primary N) is 1. The fourth-order valence-electron chi connectivity index (χ4n) is 1.83. The number of anilines is 2. The number of carbonyl (C=O) groups excluding carboxylic acids is 1. The van der Waals surface area contributed by atoms with Gasteiger partial charge in [0.1, 0.15) is 0 Å². The van der Waals surface area contributed by atoms with Gasteiger partial charge in [-0.25, -0.2) is 4.79 Å². The van der Waals surface area contributed by atoms with Crippen LogP contribution < -0.4 is 16.4 Å². The first-order valence-electron chi connectivity index (χ1n) is 6.30. The number of amides is 2. The van der Waals surface area contributed by atoms with Crippen molar-refractivity contribution in [1.82, 2.24) is 0 Å². The van der Waals surface area contributed by atoms with Gasteiger partial charge in [-0.05, 0) is 48.9 Å². The summed E-state index contributed by atoms with van der Waals surface area (Å²) in [5.41, 5.74) is 7.99. The number of benzene rings is 2. The van der Waals surface area contributed by atoms with Gasteiger partial charge in [0.15, 0.2) is 0 Å². The van der Waals surface area contributed by atoms with Gasteiger partial charge in [-0.3, -0.25) is 0 Å². The largest absolute Gasteiger partial charge is 0.330 e. The number of rotatable bonds is 4. The Labute approximate surface area is 122 Å². The van der Waals surface area contributed by atoms with Crippen molar-refractivity contribution in [3.63, 3.8) is 0 Å². The van der Waals surface area contributed by atoms with E-state index in [2.05, 4.69) is 10.6 Å². The van der Waals surface area contributed by atoms with Crippen LogP contribution in [-0.2, 0) is 6.42 Å². The van der Waals surface area contributed by atoms with Gasteiger partial charge < -0.3 is 16.4 Å². The lowest BCUT2D eigenvalue weighted by Gasteiger charge is -2.09. The van der Waals surface area contributed by atoms with Crippen LogP contribution in [0.4, 0.5) is 16.2 Å². The lowest BCUT2D eigenvalue weighted by molar-refractivity contribution is 0.262. The van der Waals surface area contributed by atoms with Crippen LogP contribution in [0.2, 0.25) is 5.02 Å². The lowest BCUT2D eigenvalue weighted by Crippen LogP contribution is -2.19. The Bertz CT molecular complexity index is 601. The van der Waals surface area contributed by atoms with Crippen LogP contribution in [0.3, 0.4) is 0 Å². The van der Waals surface area contributed by atoms with Crippen molar-refractivity contribution in [2.75, 3.05) is 17.2 Å². The SMILES string of the molecule is NCCc1cccc(NC(=O)Nc2cccc(Cl)c2)c1. The molecule has 4 nitrogen and oxygen atoms in total. The fourth-order valence-corrected chi connectivity index (χ4v) is 2.02. The van der Waals surface area contributed by atoms with E-state index in [1.165, 1.54) is 0 Å². The highest BCUT2D eigenvalue weighted by atomic mass is 35.5. The second-order valence-corrected chi connectivity index (χ2v) is 4.76. The van der Waals surface area contributed by atoms with Crippen molar-refractivity contribution in [3.8, 4) is 0 Å². The van der Waals surface area contributed by atoms with E-state index in [-0.39, 0.29) is 6.03 Å². The van der Waals surface area contributed by atoms with Gasteiger partial charge in [0.2, 0.25) is 0 Å². The maximum atomic E-state index is 11.9. The van der Waals surface area contributed by atoms with Gasteiger partial charge in [-0.2, -0.15) is 0 Å². The third kappa shape index (κ3) is 4.26. The molecule has 0 aliphatic rings. The average Bonchev–Trinajstić information content (AvgIpc) is 2.39. The summed E-state index contributed by atoms with van der Waals surface area (Å²) in [6.07, 6.45) is 0.783. The Morgan fingerprint density at radius 3 is 2.35 bits per heavy atom. The highest BCUT2D eigenvalue weighted by Gasteiger charge is 2.03. The molecule has 0 radical (unpaired) electrons. The molecule has 104 valence electrons. The summed E-state index contributed by atoms with van der Waals surface area (Å²) in [7, 11) is 0. The molecule has 2 amide bonds. The predicted octanol–water partition coefficient (Wildman–Crippen LogP) is 3.49. The monoisotopic (exact) mass is 289 g/mol. The van der Waals surface area contributed by atoms with Gasteiger partial charge in [-0.15, -0.1) is 0 Å². The van der Waals surface area contributed by atoms with Crippen molar-refractivity contribution >= 4 is 29.0 Å². The van der Waals surface area contributed by atoms with E-state index in [1.807, 2.05) is 24.3 Å². The lowest BCUT2D eigenvalue weighted by atomic mass is 10.1. The van der Waals surface area contributed by atoms with E-state index in [9.17, 15) is 4.79 Å². The van der Waals surface area contributed by atoms with Crippen molar-refractivity contribution in [1.29, 1.82) is 0 Å². The van der Waals surface area contributed by atoms with E-state index in [0.717, 1.165) is 17.7 Å². The smallest absolute Gasteiger partial charge is 0.323 e. The van der Waals surface area contributed by atoms with Crippen LogP contribution in [0.1, 0.15) is 5.56 Å². The molecular formula is C15H16ClN3O. The normalized spacial score (nSPS) is 10.1. The second-order valence-electron chi connectivity index (χ2n) is 4.33. The van der Waals surface area contributed by atoms with Gasteiger partial charge in [0.25, 0.3) is 0 Å². The summed E-state index contributed by atoms with van der Waals surface area (Å²) in [4.78, 5) is 11.9. The summed E-state index contributed by atoms with van der Waals surface area (Å²) >= 11 is 5.86. The standard InChI is InChI=1S/C15H16ClN3O/c16-12-4-2-6-14(10-12)19-15(20)18-13-5-1-3-11(9-13)7-8-17/h1-6,9-10H,7-8,17H2,(H2,18,19,20). The minimum Gasteiger partial charge on any atom is -0.330 e. The van der Waals surface area contributed by atoms with Crippen molar-refractivity contribution in [2.24, 2.45) is 5.73 Å². The Kier molecular flexibility index (Phi) is 4.98. The molecule has 0 fully saturated rings. The van der Waals surface area contributed by atoms with Gasteiger partial charge >= 0.3 is 6.03 Å². The first-order chi connectivity index (χ1) is 9.67. The third-order valence-electron chi connectivity index (χ3n) is 2.70. The molecule has 2 rings (SSSR count). The number of halogens is 1. The molecule has 0 aliphatic heterocycles. The van der Waals surface area contributed by atoms with Gasteiger partial charge in [0.05, 0.1) is 0 Å². The molecule has 0 aromatic heterocycles. The van der Waals surface area contributed by atoms with E-state index in [1.54, 1.807) is 24.3 Å². The van der Waals surface area contributed by atoms with Crippen LogP contribution >= 0.6 is 11.6 Å². The van der Waals surface area contributed by atoms with E-state index < -0.39 is 0 Å². The van der Waals surface area contributed by atoms with E-state index in [4.69, 9.17) is 17.3 Å². The third-order valence-corrected chi connectivity index (χ3v) is 2.94. The molecule has 20 heavy (non-hydrogen) atoms. The van der Waals surface area contributed by atoms with E-state index >= 15 is 0 Å². The van der Waals surface area contributed by atoms with Gasteiger partial charge in [-0.1, -0.05) is 29.8 Å². The quantitative estimate of drug-likeness (QED) is 0.806. The topological polar surface area (TPSA) is 67.1 Å². The van der Waals surface area contributed by atoms with Crippen molar-refractivity contribution in [3.05, 3.63) is 59.1 Å². The molecule has 5 heteroatoms. The molecular weight excluding hydrogens is 274 g/mol. The van der Waals surface area contributed by atoms with Crippen molar-refractivity contribution in [2.45, 2.75) is 6.42 Å². The molecule has 0 atom stereocenters. The highest BCUT2D eigenvalue weighted by Crippen LogP contribution is 2.16. The van der Waals surface area contributed by atoms with Crippen LogP contribution in [0.25, 0.3) is 0 Å². The zero-order valence-corrected chi connectivity index (χ0v) is 11.7. The van der Waals surface area contributed by atoms with Crippen molar-refractivity contribution < 1.29 is 4.79 Å². The Hall–Kier alpha value is -2.04. The van der Waals surface area contributed by atoms with Crippen LogP contribution in [0, 0.1) is 0 Å². The molecule has 4 N–H and O–H groups in total. The highest BCUT2D eigenvalue weighted by molar-refractivity contribution is 6.30. The number of urea groups is 1. The first kappa shape index (κ1) is 14.4. The summed E-state index contributed by atoms with van der Waals surface area (Å²) in [5, 5.41) is 6.07. The molecule has 0 heterocycles. The Morgan fingerprint density at radius 2 is 1.70 bits per heavy atom. The number of hydrogen-bond acceptors (Lipinski definition) is 2. The zero-order valence-electron chi connectivity index (χ0n) is 10.9. The van der Waals surface area contributed by atoms with Crippen LogP contribution in [-0.4, -0.2) is 12.6 Å². The zero-order chi connectivity index (χ0) is 14.4. The van der Waals surface area contributed by atoms with Crippen LogP contribution in [0.15, 0.2) is 48.5 Å². The summed E-state index contributed by atoms with van der Waals surface area (Å²) in [6.45, 7) is 0.582. The number of hydrogen-bond donors (Lipinski definition) is 3. The van der Waals surface area contributed by atoms with Gasteiger partial charge in [0, 0.05) is 16.4 Å². The number of nitrogens with one attached hydrogen (secondary N) is 2. The summed E-state index contributed by atoms with van der Waals surface area (Å²) < 4.78 is 0. The minimum absolute atomic E-state index is 0.308. The molecule has 0 unspecified atom stereocenters. The maximum absolute atomic E-state index is 11.9. The molecule has 0 aliphatic carbocycles. The molecule has 0 saturated carbocycles. The minimum atomic E-state index is -0.308.